The third-order valence-electron chi connectivity index (χ3n) is 3.72. The van der Waals surface area contributed by atoms with Crippen molar-refractivity contribution in [2.24, 2.45) is 0 Å². The van der Waals surface area contributed by atoms with Crippen LogP contribution >= 0.6 is 11.6 Å². The second-order valence-corrected chi connectivity index (χ2v) is 7.73. The largest absolute Gasteiger partial charge is 0.452 e. The highest BCUT2D eigenvalue weighted by Gasteiger charge is 2.24. The van der Waals surface area contributed by atoms with Crippen molar-refractivity contribution in [3.63, 3.8) is 0 Å². The molecular weight excluding hydrogens is 396 g/mol. The summed E-state index contributed by atoms with van der Waals surface area (Å²) in [6.07, 6.45) is 0. The predicted octanol–water partition coefficient (Wildman–Crippen LogP) is 3.02. The van der Waals surface area contributed by atoms with Crippen LogP contribution in [0.5, 0.6) is 0 Å². The smallest absolute Gasteiger partial charge is 0.340 e. The van der Waals surface area contributed by atoms with Gasteiger partial charge in [0.2, 0.25) is 5.89 Å². The first-order valence-electron chi connectivity index (χ1n) is 7.67. The molecule has 0 spiro atoms. The van der Waals surface area contributed by atoms with Crippen molar-refractivity contribution in [1.29, 1.82) is 0 Å². The van der Waals surface area contributed by atoms with Crippen molar-refractivity contribution in [2.75, 3.05) is 14.2 Å². The summed E-state index contributed by atoms with van der Waals surface area (Å²) in [4.78, 5) is 21.1. The summed E-state index contributed by atoms with van der Waals surface area (Å²) >= 11 is 6.02. The molecule has 0 saturated carbocycles. The van der Waals surface area contributed by atoms with Crippen molar-refractivity contribution in [3.8, 4) is 0 Å². The van der Waals surface area contributed by atoms with Crippen molar-refractivity contribution in [3.05, 3.63) is 58.9 Å². The van der Waals surface area contributed by atoms with E-state index in [1.165, 1.54) is 26.3 Å². The lowest BCUT2D eigenvalue weighted by Crippen LogP contribution is -2.26. The quantitative estimate of drug-likeness (QED) is 0.455. The van der Waals surface area contributed by atoms with E-state index in [0.29, 0.717) is 15.6 Å². The van der Waals surface area contributed by atoms with Crippen LogP contribution in [0.1, 0.15) is 16.2 Å². The second-order valence-electron chi connectivity index (χ2n) is 5.39. The molecule has 0 N–H and O–H groups in total. The van der Waals surface area contributed by atoms with E-state index in [-0.39, 0.29) is 28.0 Å². The summed E-state index contributed by atoms with van der Waals surface area (Å²) in [6, 6.07) is 10.8. The third-order valence-corrected chi connectivity index (χ3v) is 5.72. The van der Waals surface area contributed by atoms with Crippen LogP contribution < -0.4 is 0 Å². The number of esters is 1. The Balaban J connectivity index is 1.80. The van der Waals surface area contributed by atoms with Gasteiger partial charge in [-0.05, 0) is 30.3 Å². The lowest BCUT2D eigenvalue weighted by atomic mass is 10.2. The monoisotopic (exact) mass is 410 g/mol. The minimum absolute atomic E-state index is 0.0524. The molecule has 0 atom stereocenters. The molecule has 1 aromatic heterocycles. The molecule has 0 aliphatic rings. The zero-order valence-electron chi connectivity index (χ0n) is 14.4. The van der Waals surface area contributed by atoms with Crippen LogP contribution in [0.25, 0.3) is 11.1 Å². The van der Waals surface area contributed by atoms with Crippen molar-refractivity contribution in [1.82, 2.24) is 9.45 Å². The van der Waals surface area contributed by atoms with Crippen LogP contribution in [-0.2, 0) is 26.2 Å². The van der Waals surface area contributed by atoms with E-state index in [1.807, 2.05) is 6.07 Å². The summed E-state index contributed by atoms with van der Waals surface area (Å²) in [5.74, 6) is -0.594. The van der Waals surface area contributed by atoms with Crippen LogP contribution in [0.2, 0.25) is 5.02 Å². The van der Waals surface area contributed by atoms with Gasteiger partial charge in [-0.2, -0.15) is 0 Å². The first-order valence-corrected chi connectivity index (χ1v) is 9.49. The number of oxazole rings is 1. The van der Waals surface area contributed by atoms with Crippen LogP contribution in [0, 0.1) is 0 Å². The van der Waals surface area contributed by atoms with Gasteiger partial charge in [0.15, 0.2) is 12.2 Å². The number of carbonyl (C=O) groups excluding carboxylic acids is 1. The Labute approximate surface area is 160 Å². The molecule has 3 aromatic rings. The number of rotatable bonds is 6. The SMILES string of the molecule is CON(C)S(=O)(=O)c1ccc(Cl)c(C(=O)OCc2nc3ccccc3o2)c1. The number of hydrogen-bond acceptors (Lipinski definition) is 7. The number of halogens is 1. The van der Waals surface area contributed by atoms with E-state index in [9.17, 15) is 13.2 Å². The van der Waals surface area contributed by atoms with Gasteiger partial charge in [-0.25, -0.2) is 18.2 Å². The van der Waals surface area contributed by atoms with Crippen molar-refractivity contribution in [2.45, 2.75) is 11.5 Å². The first kappa shape index (κ1) is 19.3. The molecule has 142 valence electrons. The average molecular weight is 411 g/mol. The number of carbonyl (C=O) groups is 1. The molecule has 8 nitrogen and oxygen atoms in total. The fraction of sp³-hybridized carbons (Fsp3) is 0.176. The molecule has 0 radical (unpaired) electrons. The predicted molar refractivity (Wildman–Crippen MR) is 96.5 cm³/mol. The maximum atomic E-state index is 12.4. The molecule has 27 heavy (non-hydrogen) atoms. The maximum absolute atomic E-state index is 12.4. The van der Waals surface area contributed by atoms with Gasteiger partial charge < -0.3 is 9.15 Å². The number of sulfonamides is 1. The maximum Gasteiger partial charge on any atom is 0.340 e. The summed E-state index contributed by atoms with van der Waals surface area (Å²) < 4.78 is 35.9. The van der Waals surface area contributed by atoms with Crippen LogP contribution in [0.3, 0.4) is 0 Å². The lowest BCUT2D eigenvalue weighted by Gasteiger charge is -2.15. The van der Waals surface area contributed by atoms with Crippen LogP contribution in [-0.4, -0.2) is 38.0 Å². The molecular formula is C17H15ClN2O6S. The number of nitrogens with zero attached hydrogens (tertiary/aromatic N) is 2. The molecule has 0 bridgehead atoms. The van der Waals surface area contributed by atoms with Gasteiger partial charge in [-0.15, -0.1) is 0 Å². The molecule has 1 heterocycles. The minimum atomic E-state index is -3.93. The molecule has 0 amide bonds. The van der Waals surface area contributed by atoms with E-state index in [4.69, 9.17) is 25.6 Å². The highest BCUT2D eigenvalue weighted by molar-refractivity contribution is 7.89. The Kier molecular flexibility index (Phi) is 5.47. The normalized spacial score (nSPS) is 11.9. The Hall–Kier alpha value is -2.46. The highest BCUT2D eigenvalue weighted by atomic mass is 35.5. The van der Waals surface area contributed by atoms with Crippen molar-refractivity contribution >= 4 is 38.7 Å². The fourth-order valence-electron chi connectivity index (χ4n) is 2.25. The van der Waals surface area contributed by atoms with Gasteiger partial charge in [0.05, 0.1) is 22.6 Å². The molecule has 2 aromatic carbocycles. The fourth-order valence-corrected chi connectivity index (χ4v) is 3.45. The number of fused-ring (bicyclic) bond motifs is 1. The molecule has 0 unspecified atom stereocenters. The number of hydrogen-bond donors (Lipinski definition) is 0. The van der Waals surface area contributed by atoms with Gasteiger partial charge in [-0.1, -0.05) is 28.2 Å². The van der Waals surface area contributed by atoms with Crippen LogP contribution in [0.4, 0.5) is 0 Å². The lowest BCUT2D eigenvalue weighted by molar-refractivity contribution is -0.0258. The summed E-state index contributed by atoms with van der Waals surface area (Å²) in [7, 11) is -1.49. The van der Waals surface area contributed by atoms with E-state index in [2.05, 4.69) is 4.98 Å². The van der Waals surface area contributed by atoms with E-state index >= 15 is 0 Å². The topological polar surface area (TPSA) is 98.9 Å². The zero-order valence-corrected chi connectivity index (χ0v) is 16.0. The molecule has 0 aliphatic carbocycles. The summed E-state index contributed by atoms with van der Waals surface area (Å²) in [5, 5.41) is 0.0524. The summed E-state index contributed by atoms with van der Waals surface area (Å²) in [5.41, 5.74) is 1.10. The van der Waals surface area contributed by atoms with Crippen molar-refractivity contribution < 1.29 is 27.2 Å². The Morgan fingerprint density at radius 3 is 2.70 bits per heavy atom. The summed E-state index contributed by atoms with van der Waals surface area (Å²) in [6.45, 7) is -0.223. The molecule has 10 heteroatoms. The Morgan fingerprint density at radius 1 is 1.26 bits per heavy atom. The third kappa shape index (κ3) is 3.96. The first-order chi connectivity index (χ1) is 12.8. The number of ether oxygens (including phenoxy) is 1. The Bertz CT molecular complexity index is 1060. The number of para-hydroxylation sites is 2. The van der Waals surface area contributed by atoms with Gasteiger partial charge in [0.25, 0.3) is 10.0 Å². The number of benzene rings is 2. The molecule has 0 fully saturated rings. The van der Waals surface area contributed by atoms with Gasteiger partial charge in [0, 0.05) is 7.05 Å². The van der Waals surface area contributed by atoms with Gasteiger partial charge in [-0.3, -0.25) is 4.84 Å². The average Bonchev–Trinajstić information content (AvgIpc) is 3.08. The minimum Gasteiger partial charge on any atom is -0.452 e. The molecule has 0 saturated heterocycles. The highest BCUT2D eigenvalue weighted by Crippen LogP contribution is 2.24. The standard InChI is InChI=1S/C17H15ClN2O6S/c1-20(24-2)27(22,23)11-7-8-13(18)12(9-11)17(21)25-10-16-19-14-5-3-4-6-15(14)26-16/h3-9H,10H2,1-2H3. The van der Waals surface area contributed by atoms with E-state index in [0.717, 1.165) is 6.07 Å². The molecule has 3 rings (SSSR count). The number of aromatic nitrogens is 1. The zero-order chi connectivity index (χ0) is 19.6. The Morgan fingerprint density at radius 2 is 2.00 bits per heavy atom. The molecule has 0 aliphatic heterocycles. The number of hydroxylamine groups is 1. The van der Waals surface area contributed by atoms with Gasteiger partial charge >= 0.3 is 5.97 Å². The van der Waals surface area contributed by atoms with Crippen LogP contribution in [0.15, 0.2) is 51.8 Å². The van der Waals surface area contributed by atoms with Gasteiger partial charge in [0.1, 0.15) is 5.52 Å². The second kappa shape index (κ2) is 7.65. The van der Waals surface area contributed by atoms with E-state index in [1.54, 1.807) is 18.2 Å². The van der Waals surface area contributed by atoms with E-state index < -0.39 is 16.0 Å².